The number of aliphatic hydroxyl groups is 2. The predicted molar refractivity (Wildman–Crippen MR) is 325 cm³/mol. The SMILES string of the molecule is CC[C@@H](CC(C)C)C(=O)N[C@@H](CCCN=C(N)N)C(=O)C[C@@H](CO)C(=O)N[C@@H](C)C(=O)C[C@H](C(=O)N[C@@H](CC(=O)O)C(=O)C[C@@H](CCCCN)C(=O)N[C@@H](Cc1ccc(O)cc1)C(=O)C[C@@H](CCCN=C(N)N)C(=O)N[C@@H](CC(C)C)C(N)=O)[C@@H](C)O. The van der Waals surface area contributed by atoms with Gasteiger partial charge in [-0.3, -0.25) is 62.7 Å². The summed E-state index contributed by atoms with van der Waals surface area (Å²) >= 11 is 0. The molecule has 28 nitrogen and oxygen atoms in total. The van der Waals surface area contributed by atoms with E-state index in [0.717, 1.165) is 0 Å². The van der Waals surface area contributed by atoms with Crippen molar-refractivity contribution >= 4 is 76.5 Å². The highest BCUT2D eigenvalue weighted by Gasteiger charge is 2.37. The average molecular weight is 1230 g/mol. The number of carboxylic acid groups (broad SMARTS) is 1. The van der Waals surface area contributed by atoms with E-state index in [1.165, 1.54) is 38.1 Å². The number of nitrogens with zero attached hydrogens (tertiary/aromatic N) is 2. The molecule has 490 valence electrons. The Balaban J connectivity index is 3.50. The van der Waals surface area contributed by atoms with Crippen molar-refractivity contribution in [3.8, 4) is 5.75 Å². The molecule has 21 N–H and O–H groups in total. The van der Waals surface area contributed by atoms with Crippen molar-refractivity contribution in [2.24, 2.45) is 85.8 Å². The first-order chi connectivity index (χ1) is 40.8. The number of nitrogens with one attached hydrogen (secondary N) is 5. The maximum atomic E-state index is 14.5. The zero-order valence-electron chi connectivity index (χ0n) is 51.6. The number of hydrogen-bond donors (Lipinski definition) is 15. The molecule has 0 heterocycles. The van der Waals surface area contributed by atoms with E-state index >= 15 is 0 Å². The number of aromatic hydroxyl groups is 1. The van der Waals surface area contributed by atoms with Gasteiger partial charge in [-0.1, -0.05) is 53.2 Å². The maximum absolute atomic E-state index is 14.5. The summed E-state index contributed by atoms with van der Waals surface area (Å²) in [7, 11) is 0. The molecule has 11 atom stereocenters. The van der Waals surface area contributed by atoms with E-state index in [2.05, 4.69) is 36.6 Å². The summed E-state index contributed by atoms with van der Waals surface area (Å²) in [5.74, 6) is -15.4. The number of aliphatic imine (C=N–C) groups is 2. The molecule has 0 bridgehead atoms. The number of phenols is 1. The van der Waals surface area contributed by atoms with E-state index in [1.807, 2.05) is 34.6 Å². The molecule has 0 fully saturated rings. The Morgan fingerprint density at radius 2 is 0.977 bits per heavy atom. The molecule has 0 aliphatic rings. The quantitative estimate of drug-likeness (QED) is 0.0219. The molecule has 87 heavy (non-hydrogen) atoms. The topological polar surface area (TPSA) is 510 Å². The Morgan fingerprint density at radius 1 is 0.517 bits per heavy atom. The van der Waals surface area contributed by atoms with Crippen LogP contribution >= 0.6 is 0 Å². The van der Waals surface area contributed by atoms with E-state index in [4.69, 9.17) is 34.4 Å². The van der Waals surface area contributed by atoms with E-state index in [9.17, 15) is 73.2 Å². The number of carbonyl (C=O) groups is 11. The minimum absolute atomic E-state index is 0.0157. The monoisotopic (exact) mass is 1230 g/mol. The van der Waals surface area contributed by atoms with Gasteiger partial charge in [0.2, 0.25) is 35.4 Å². The van der Waals surface area contributed by atoms with Crippen molar-refractivity contribution in [1.82, 2.24) is 26.6 Å². The number of carboxylic acids is 1. The fraction of sp³-hybridized carbons (Fsp3) is 0.678. The van der Waals surface area contributed by atoms with Crippen molar-refractivity contribution in [2.45, 2.75) is 188 Å². The highest BCUT2D eigenvalue weighted by Crippen LogP contribution is 2.23. The standard InChI is InChI=1S/C59H99N13O15/c1-8-37(23-32(2)3)53(83)69-43(15-12-22-67-59(64)65)48(77)28-40(31-73)56(86)68-34(6)47(76)29-42(35(7)74)57(87)71-45(30-51(80)81)50(79)26-38(13-9-10-20-60)54(84)70-44(25-36-16-18-41(75)19-17-36)49(78)27-39(14-11-21-66-58(62)63)55(85)72-46(52(61)82)24-33(4)5/h16-19,32-35,37-40,42-46,73-75H,8-15,20-31,60H2,1-7H3,(H2,61,82)(H,68,86)(H,69,83)(H,70,84)(H,71,87)(H,72,85)(H,80,81)(H4,62,63,66)(H4,64,65,67)/t34-,35+,37-,38+,39+,40-,42-,43-,44-,45-,46-/m0/s1. The summed E-state index contributed by atoms with van der Waals surface area (Å²) in [6, 6.07) is -0.994. The molecule has 1 aromatic rings. The largest absolute Gasteiger partial charge is 0.508 e. The van der Waals surface area contributed by atoms with Crippen LogP contribution in [0.4, 0.5) is 0 Å². The van der Waals surface area contributed by atoms with Crippen LogP contribution in [0.3, 0.4) is 0 Å². The summed E-state index contributed by atoms with van der Waals surface area (Å²) in [4.78, 5) is 158. The van der Waals surface area contributed by atoms with Crippen LogP contribution < -0.4 is 61.0 Å². The second-order valence-corrected chi connectivity index (χ2v) is 23.2. The molecule has 0 aliphatic carbocycles. The predicted octanol–water partition coefficient (Wildman–Crippen LogP) is -0.632. The van der Waals surface area contributed by atoms with Gasteiger partial charge in [0.15, 0.2) is 35.1 Å². The van der Waals surface area contributed by atoms with Crippen LogP contribution in [0.5, 0.6) is 5.75 Å². The first kappa shape index (κ1) is 77.4. The summed E-state index contributed by atoms with van der Waals surface area (Å²) in [6.45, 7) is 11.4. The lowest BCUT2D eigenvalue weighted by Crippen LogP contribution is -2.50. The Bertz CT molecular complexity index is 2480. The lowest BCUT2D eigenvalue weighted by Gasteiger charge is -2.27. The van der Waals surface area contributed by atoms with Crippen LogP contribution in [-0.4, -0.2) is 159 Å². The van der Waals surface area contributed by atoms with Gasteiger partial charge in [0, 0.05) is 56.5 Å². The third-order valence-corrected chi connectivity index (χ3v) is 14.7. The third kappa shape index (κ3) is 31.1. The molecule has 0 aromatic heterocycles. The Labute approximate surface area is 509 Å². The number of hydrogen-bond acceptors (Lipinski definition) is 17. The van der Waals surface area contributed by atoms with Gasteiger partial charge in [-0.05, 0) is 114 Å². The number of benzene rings is 1. The summed E-state index contributed by atoms with van der Waals surface area (Å²) in [6.07, 6.45) is -2.68. The average Bonchev–Trinajstić information content (AvgIpc) is 3.06. The molecule has 0 spiro atoms. The Hall–Kier alpha value is -7.59. The molecule has 6 amide bonds. The van der Waals surface area contributed by atoms with Crippen LogP contribution in [0.1, 0.15) is 150 Å². The number of aliphatic carboxylic acids is 1. The van der Waals surface area contributed by atoms with Gasteiger partial charge in [-0.2, -0.15) is 0 Å². The Morgan fingerprint density at radius 3 is 1.46 bits per heavy atom. The van der Waals surface area contributed by atoms with Crippen molar-refractivity contribution in [3.63, 3.8) is 0 Å². The number of Topliss-reactive ketones (excluding diaryl/α,β-unsaturated/α-hetero) is 4. The van der Waals surface area contributed by atoms with Crippen molar-refractivity contribution in [3.05, 3.63) is 29.8 Å². The van der Waals surface area contributed by atoms with Gasteiger partial charge in [0.05, 0.1) is 55.1 Å². The fourth-order valence-corrected chi connectivity index (χ4v) is 9.66. The van der Waals surface area contributed by atoms with Crippen LogP contribution in [-0.2, 0) is 59.2 Å². The van der Waals surface area contributed by atoms with Gasteiger partial charge in [0.25, 0.3) is 0 Å². The van der Waals surface area contributed by atoms with Gasteiger partial charge < -0.3 is 81.4 Å². The van der Waals surface area contributed by atoms with Crippen LogP contribution in [0.25, 0.3) is 0 Å². The minimum Gasteiger partial charge on any atom is -0.508 e. The first-order valence-electron chi connectivity index (χ1n) is 29.8. The summed E-state index contributed by atoms with van der Waals surface area (Å²) < 4.78 is 0. The number of phenolic OH excluding ortho intramolecular Hbond substituents is 1. The first-order valence-corrected chi connectivity index (χ1v) is 29.8. The molecule has 0 unspecified atom stereocenters. The van der Waals surface area contributed by atoms with E-state index < -0.39 is 163 Å². The van der Waals surface area contributed by atoms with Crippen molar-refractivity contribution in [2.75, 3.05) is 26.2 Å². The highest BCUT2D eigenvalue weighted by atomic mass is 16.4. The zero-order valence-corrected chi connectivity index (χ0v) is 51.6. The lowest BCUT2D eigenvalue weighted by molar-refractivity contribution is -0.142. The normalized spacial score (nSPS) is 15.1. The third-order valence-electron chi connectivity index (χ3n) is 14.7. The van der Waals surface area contributed by atoms with Gasteiger partial charge in [-0.15, -0.1) is 0 Å². The molecule has 0 aliphatic heterocycles. The summed E-state index contributed by atoms with van der Waals surface area (Å²) in [5.41, 5.74) is 33.7. The second kappa shape index (κ2) is 40.7. The van der Waals surface area contributed by atoms with Crippen molar-refractivity contribution < 1.29 is 73.2 Å². The van der Waals surface area contributed by atoms with Crippen molar-refractivity contribution in [1.29, 1.82) is 0 Å². The number of aliphatic hydroxyl groups excluding tert-OH is 2. The molecule has 0 radical (unpaired) electrons. The van der Waals surface area contributed by atoms with Crippen LogP contribution in [0.2, 0.25) is 0 Å². The van der Waals surface area contributed by atoms with Crippen LogP contribution in [0.15, 0.2) is 34.3 Å². The van der Waals surface area contributed by atoms with Gasteiger partial charge in [-0.25, -0.2) is 0 Å². The second-order valence-electron chi connectivity index (χ2n) is 23.2. The number of nitrogens with two attached hydrogens (primary N) is 6. The number of rotatable bonds is 46. The number of amides is 6. The van der Waals surface area contributed by atoms with E-state index in [1.54, 1.807) is 0 Å². The molecule has 28 heteroatoms. The molecule has 0 saturated heterocycles. The van der Waals surface area contributed by atoms with E-state index in [-0.39, 0.29) is 106 Å². The summed E-state index contributed by atoms with van der Waals surface area (Å²) in [5, 5.41) is 54.0. The highest BCUT2D eigenvalue weighted by molar-refractivity contribution is 5.99. The molecular formula is C59H99N13O15. The maximum Gasteiger partial charge on any atom is 0.305 e. The number of guanidine groups is 2. The smallest absolute Gasteiger partial charge is 0.305 e. The lowest BCUT2D eigenvalue weighted by atomic mass is 9.88. The number of ketones is 4. The molecule has 1 aromatic carbocycles. The van der Waals surface area contributed by atoms with Gasteiger partial charge >= 0.3 is 5.97 Å². The molecule has 0 saturated carbocycles. The number of primary amides is 1. The van der Waals surface area contributed by atoms with E-state index in [0.29, 0.717) is 24.8 Å². The zero-order chi connectivity index (χ0) is 66.1. The molecular weight excluding hydrogens is 1130 g/mol. The Kier molecular flexibility index (Phi) is 36.2. The fourth-order valence-electron chi connectivity index (χ4n) is 9.66. The number of unbranched alkanes of at least 4 members (excludes halogenated alkanes) is 1. The van der Waals surface area contributed by atoms with Gasteiger partial charge in [0.1, 0.15) is 11.8 Å². The van der Waals surface area contributed by atoms with Crippen LogP contribution in [0, 0.1) is 41.4 Å². The minimum atomic E-state index is -1.83. The molecule has 1 rings (SSSR count). The number of carbonyl (C=O) groups excluding carboxylic acids is 10.